The van der Waals surface area contributed by atoms with Crippen molar-refractivity contribution >= 4 is 44.5 Å². The first-order valence-corrected chi connectivity index (χ1v) is 9.31. The van der Waals surface area contributed by atoms with Crippen LogP contribution in [0.2, 0.25) is 0 Å². The van der Waals surface area contributed by atoms with E-state index in [0.29, 0.717) is 28.5 Å². The minimum absolute atomic E-state index is 0.180. The Morgan fingerprint density at radius 3 is 2.81 bits per heavy atom. The molecule has 2 heterocycles. The molecule has 1 aliphatic rings. The zero-order valence-electron chi connectivity index (χ0n) is 10.8. The number of anilines is 2. The van der Waals surface area contributed by atoms with Crippen molar-refractivity contribution in [3.05, 3.63) is 35.2 Å². The van der Waals surface area contributed by atoms with Gasteiger partial charge in [-0.05, 0) is 30.3 Å². The molecule has 0 amide bonds. The Kier molecular flexibility index (Phi) is 3.57. The number of thiophene rings is 1. The molecule has 0 aliphatic carbocycles. The fraction of sp³-hybridized carbons (Fsp3) is 0.154. The van der Waals surface area contributed by atoms with Crippen molar-refractivity contribution in [2.24, 2.45) is 0 Å². The van der Waals surface area contributed by atoms with Gasteiger partial charge in [0.15, 0.2) is 0 Å². The van der Waals surface area contributed by atoms with Gasteiger partial charge in [-0.15, -0.1) is 23.1 Å². The first kappa shape index (κ1) is 14.3. The van der Waals surface area contributed by atoms with Crippen molar-refractivity contribution in [3.8, 4) is 6.07 Å². The Labute approximate surface area is 131 Å². The van der Waals surface area contributed by atoms with Crippen LogP contribution in [0.15, 0.2) is 39.4 Å². The molecule has 2 N–H and O–H groups in total. The largest absolute Gasteiger partial charge is 0.399 e. The SMILES string of the molecule is N#Cc1ccc(S(=O)(=O)N2CCSc3ccc(N)cc32)s1. The molecular weight excluding hydrogens is 326 g/mol. The van der Waals surface area contributed by atoms with Crippen LogP contribution in [0, 0.1) is 11.3 Å². The highest BCUT2D eigenvalue weighted by atomic mass is 32.2. The van der Waals surface area contributed by atoms with Crippen LogP contribution in [0.4, 0.5) is 11.4 Å². The summed E-state index contributed by atoms with van der Waals surface area (Å²) in [6.07, 6.45) is 0. The predicted molar refractivity (Wildman–Crippen MR) is 85.1 cm³/mol. The van der Waals surface area contributed by atoms with Crippen LogP contribution in [0.1, 0.15) is 4.88 Å². The van der Waals surface area contributed by atoms with Crippen molar-refractivity contribution in [2.75, 3.05) is 22.3 Å². The van der Waals surface area contributed by atoms with E-state index in [1.807, 2.05) is 12.1 Å². The zero-order valence-corrected chi connectivity index (χ0v) is 13.3. The number of nitrogen functional groups attached to an aromatic ring is 1. The molecule has 8 heteroatoms. The number of sulfonamides is 1. The summed E-state index contributed by atoms with van der Waals surface area (Å²) in [5.41, 5.74) is 6.92. The van der Waals surface area contributed by atoms with Gasteiger partial charge in [-0.1, -0.05) is 0 Å². The van der Waals surface area contributed by atoms with Crippen molar-refractivity contribution in [2.45, 2.75) is 9.10 Å². The monoisotopic (exact) mass is 337 g/mol. The van der Waals surface area contributed by atoms with Crippen molar-refractivity contribution < 1.29 is 8.42 Å². The number of nitriles is 1. The van der Waals surface area contributed by atoms with Gasteiger partial charge in [-0.2, -0.15) is 5.26 Å². The second-order valence-corrected chi connectivity index (χ2v) is 8.69. The molecule has 5 nitrogen and oxygen atoms in total. The van der Waals surface area contributed by atoms with E-state index < -0.39 is 10.0 Å². The highest BCUT2D eigenvalue weighted by molar-refractivity contribution is 8.00. The molecule has 21 heavy (non-hydrogen) atoms. The minimum atomic E-state index is -3.65. The second kappa shape index (κ2) is 5.26. The Morgan fingerprint density at radius 2 is 2.10 bits per heavy atom. The van der Waals surface area contributed by atoms with E-state index in [9.17, 15) is 8.42 Å². The third-order valence-corrected chi connectivity index (χ3v) is 7.35. The molecule has 0 saturated carbocycles. The summed E-state index contributed by atoms with van der Waals surface area (Å²) in [7, 11) is -3.65. The Hall–Kier alpha value is -1.69. The van der Waals surface area contributed by atoms with E-state index in [2.05, 4.69) is 0 Å². The molecule has 0 bridgehead atoms. The number of fused-ring (bicyclic) bond motifs is 1. The van der Waals surface area contributed by atoms with Gasteiger partial charge >= 0.3 is 0 Å². The summed E-state index contributed by atoms with van der Waals surface area (Å²) < 4.78 is 27.1. The molecule has 0 spiro atoms. The van der Waals surface area contributed by atoms with Crippen LogP contribution in [0.5, 0.6) is 0 Å². The van der Waals surface area contributed by atoms with Crippen molar-refractivity contribution in [1.29, 1.82) is 5.26 Å². The van der Waals surface area contributed by atoms with Gasteiger partial charge < -0.3 is 5.73 Å². The molecule has 1 aliphatic heterocycles. The summed E-state index contributed by atoms with van der Waals surface area (Å²) >= 11 is 2.60. The molecule has 108 valence electrons. The topological polar surface area (TPSA) is 87.2 Å². The highest BCUT2D eigenvalue weighted by Gasteiger charge is 2.30. The fourth-order valence-electron chi connectivity index (χ4n) is 2.09. The average molecular weight is 337 g/mol. The average Bonchev–Trinajstić information content (AvgIpc) is 2.96. The predicted octanol–water partition coefficient (Wildman–Crippen LogP) is 2.50. The quantitative estimate of drug-likeness (QED) is 0.851. The van der Waals surface area contributed by atoms with Gasteiger partial charge in [-0.25, -0.2) is 8.42 Å². The standard InChI is InChI=1S/C13H11N3O2S3/c14-8-10-2-4-13(20-10)21(17,18)16-5-6-19-12-3-1-9(15)7-11(12)16/h1-4,7H,5-6,15H2. The molecule has 0 atom stereocenters. The summed E-state index contributed by atoms with van der Waals surface area (Å²) in [6.45, 7) is 0.392. The Morgan fingerprint density at radius 1 is 1.29 bits per heavy atom. The molecular formula is C13H11N3O2S3. The van der Waals surface area contributed by atoms with Crippen LogP contribution in [-0.4, -0.2) is 20.7 Å². The number of nitrogens with two attached hydrogens (primary N) is 1. The van der Waals surface area contributed by atoms with E-state index in [4.69, 9.17) is 11.0 Å². The van der Waals surface area contributed by atoms with Crippen LogP contribution in [-0.2, 0) is 10.0 Å². The molecule has 0 unspecified atom stereocenters. The maximum atomic E-state index is 12.8. The molecule has 0 fully saturated rings. The highest BCUT2D eigenvalue weighted by Crippen LogP contribution is 2.39. The Balaban J connectivity index is 2.09. The van der Waals surface area contributed by atoms with Crippen LogP contribution in [0.3, 0.4) is 0 Å². The lowest BCUT2D eigenvalue weighted by molar-refractivity contribution is 0.593. The van der Waals surface area contributed by atoms with E-state index in [1.165, 1.54) is 16.4 Å². The summed E-state index contributed by atoms with van der Waals surface area (Å²) in [4.78, 5) is 1.28. The summed E-state index contributed by atoms with van der Waals surface area (Å²) in [5, 5.41) is 8.85. The van der Waals surface area contributed by atoms with Gasteiger partial charge in [0.25, 0.3) is 10.0 Å². The molecule has 3 rings (SSSR count). The van der Waals surface area contributed by atoms with Gasteiger partial charge in [0.2, 0.25) is 0 Å². The van der Waals surface area contributed by atoms with Crippen LogP contribution < -0.4 is 10.0 Å². The lowest BCUT2D eigenvalue weighted by Crippen LogP contribution is -2.35. The van der Waals surface area contributed by atoms with E-state index >= 15 is 0 Å². The van der Waals surface area contributed by atoms with Gasteiger partial charge in [0.1, 0.15) is 15.2 Å². The molecule has 1 aromatic carbocycles. The van der Waals surface area contributed by atoms with Crippen molar-refractivity contribution in [3.63, 3.8) is 0 Å². The molecule has 0 radical (unpaired) electrons. The normalized spacial score (nSPS) is 14.5. The second-order valence-electron chi connectivity index (χ2n) is 4.38. The minimum Gasteiger partial charge on any atom is -0.399 e. The maximum absolute atomic E-state index is 12.8. The maximum Gasteiger partial charge on any atom is 0.273 e. The van der Waals surface area contributed by atoms with Gasteiger partial charge in [0.05, 0.1) is 5.69 Å². The summed E-state index contributed by atoms with van der Waals surface area (Å²) in [5.74, 6) is 0.687. The number of benzene rings is 1. The smallest absolute Gasteiger partial charge is 0.273 e. The number of thioether (sulfide) groups is 1. The van der Waals surface area contributed by atoms with E-state index in [0.717, 1.165) is 16.2 Å². The lowest BCUT2D eigenvalue weighted by atomic mass is 10.3. The fourth-order valence-corrected chi connectivity index (χ4v) is 5.93. The van der Waals surface area contributed by atoms with E-state index in [-0.39, 0.29) is 4.21 Å². The number of rotatable bonds is 2. The molecule has 1 aromatic heterocycles. The number of hydrogen-bond acceptors (Lipinski definition) is 6. The lowest BCUT2D eigenvalue weighted by Gasteiger charge is -2.29. The van der Waals surface area contributed by atoms with Crippen molar-refractivity contribution in [1.82, 2.24) is 0 Å². The van der Waals surface area contributed by atoms with E-state index in [1.54, 1.807) is 23.9 Å². The number of hydrogen-bond donors (Lipinski definition) is 1. The zero-order chi connectivity index (χ0) is 15.0. The third kappa shape index (κ3) is 2.48. The molecule has 2 aromatic rings. The summed E-state index contributed by atoms with van der Waals surface area (Å²) in [6, 6.07) is 10.2. The first-order valence-electron chi connectivity index (χ1n) is 6.07. The van der Waals surface area contributed by atoms with Gasteiger partial charge in [0, 0.05) is 22.9 Å². The third-order valence-electron chi connectivity index (χ3n) is 3.04. The first-order chi connectivity index (χ1) is 10.0. The molecule has 0 saturated heterocycles. The van der Waals surface area contributed by atoms with Gasteiger partial charge in [-0.3, -0.25) is 4.31 Å². The Bertz CT molecular complexity index is 837. The number of nitrogens with zero attached hydrogens (tertiary/aromatic N) is 2. The van der Waals surface area contributed by atoms with Crippen LogP contribution >= 0.6 is 23.1 Å². The van der Waals surface area contributed by atoms with Crippen LogP contribution in [0.25, 0.3) is 0 Å².